The molecule has 3 aromatic rings. The number of nitrogens with one attached hydrogen (secondary N) is 1. The second-order valence-electron chi connectivity index (χ2n) is 4.65. The lowest BCUT2D eigenvalue weighted by Crippen LogP contribution is -1.97. The van der Waals surface area contributed by atoms with Crippen molar-refractivity contribution in [2.45, 2.75) is 0 Å². The second kappa shape index (κ2) is 6.37. The van der Waals surface area contributed by atoms with Crippen molar-refractivity contribution < 1.29 is 4.79 Å². The fraction of sp³-hybridized carbons (Fsp3) is 0. The number of nitrogens with zero attached hydrogens (tertiary/aromatic N) is 2. The van der Waals surface area contributed by atoms with E-state index in [1.165, 1.54) is 0 Å². The molecule has 108 valence electrons. The Morgan fingerprint density at radius 3 is 2.41 bits per heavy atom. The van der Waals surface area contributed by atoms with Gasteiger partial charge in [0.2, 0.25) is 0 Å². The van der Waals surface area contributed by atoms with E-state index in [9.17, 15) is 4.79 Å². The van der Waals surface area contributed by atoms with Gasteiger partial charge in [-0.15, -0.1) is 10.2 Å². The first-order valence-corrected chi connectivity index (χ1v) is 7.06. The Morgan fingerprint density at radius 1 is 0.909 bits per heavy atom. The van der Waals surface area contributed by atoms with Gasteiger partial charge in [-0.1, -0.05) is 36.4 Å². The summed E-state index contributed by atoms with van der Waals surface area (Å²) in [5.41, 5.74) is 2.97. The van der Waals surface area contributed by atoms with E-state index in [0.29, 0.717) is 11.4 Å². The van der Waals surface area contributed by atoms with Crippen LogP contribution in [-0.2, 0) is 0 Å². The predicted octanol–water partition coefficient (Wildman–Crippen LogP) is 4.27. The third-order valence-electron chi connectivity index (χ3n) is 3.10. The molecule has 1 aromatic heterocycles. The summed E-state index contributed by atoms with van der Waals surface area (Å²) >= 11 is 5.47. The fourth-order valence-electron chi connectivity index (χ4n) is 2.03. The first kappa shape index (κ1) is 14.2. The molecule has 4 nitrogen and oxygen atoms in total. The summed E-state index contributed by atoms with van der Waals surface area (Å²) < 4.78 is 0. The van der Waals surface area contributed by atoms with Gasteiger partial charge in [-0.3, -0.25) is 4.79 Å². The van der Waals surface area contributed by atoms with Crippen molar-refractivity contribution in [2.75, 3.05) is 5.32 Å². The Hall–Kier alpha value is -2.72. The average molecular weight is 310 g/mol. The van der Waals surface area contributed by atoms with Crippen LogP contribution in [0, 0.1) is 0 Å². The van der Waals surface area contributed by atoms with E-state index in [4.69, 9.17) is 11.6 Å². The lowest BCUT2D eigenvalue weighted by Gasteiger charge is -2.06. The van der Waals surface area contributed by atoms with Crippen molar-refractivity contribution in [2.24, 2.45) is 0 Å². The highest BCUT2D eigenvalue weighted by atomic mass is 35.5. The van der Waals surface area contributed by atoms with Gasteiger partial charge in [-0.05, 0) is 41.9 Å². The van der Waals surface area contributed by atoms with Crippen LogP contribution in [0.1, 0.15) is 10.4 Å². The highest BCUT2D eigenvalue weighted by Gasteiger charge is 2.04. The smallest absolute Gasteiger partial charge is 0.252 e. The molecule has 0 saturated heterocycles. The zero-order valence-corrected chi connectivity index (χ0v) is 12.3. The number of benzene rings is 2. The van der Waals surface area contributed by atoms with Crippen molar-refractivity contribution in [3.05, 3.63) is 72.3 Å². The molecular formula is C17H12ClN3O. The number of halogens is 1. The molecular weight excluding hydrogens is 298 g/mol. The SMILES string of the molecule is O=C(Cl)c1cccc(Nc2ccc(-c3ccccc3)nn2)c1. The molecule has 5 heteroatoms. The predicted molar refractivity (Wildman–Crippen MR) is 87.4 cm³/mol. The highest BCUT2D eigenvalue weighted by Crippen LogP contribution is 2.19. The van der Waals surface area contributed by atoms with Gasteiger partial charge in [0.05, 0.1) is 5.69 Å². The second-order valence-corrected chi connectivity index (χ2v) is 4.99. The molecule has 0 unspecified atom stereocenters. The van der Waals surface area contributed by atoms with E-state index in [2.05, 4.69) is 15.5 Å². The maximum Gasteiger partial charge on any atom is 0.252 e. The lowest BCUT2D eigenvalue weighted by molar-refractivity contribution is 0.108. The van der Waals surface area contributed by atoms with E-state index in [1.54, 1.807) is 18.2 Å². The number of carbonyl (C=O) groups excluding carboxylic acids is 1. The normalized spacial score (nSPS) is 10.2. The van der Waals surface area contributed by atoms with Crippen LogP contribution in [0.4, 0.5) is 11.5 Å². The third-order valence-corrected chi connectivity index (χ3v) is 3.31. The molecule has 3 rings (SSSR count). The zero-order chi connectivity index (χ0) is 15.4. The minimum absolute atomic E-state index is 0.431. The molecule has 0 aliphatic heterocycles. The molecule has 2 aromatic carbocycles. The number of aromatic nitrogens is 2. The number of hydrogen-bond acceptors (Lipinski definition) is 4. The molecule has 0 spiro atoms. The van der Waals surface area contributed by atoms with Crippen LogP contribution < -0.4 is 5.32 Å². The van der Waals surface area contributed by atoms with Crippen LogP contribution in [0.5, 0.6) is 0 Å². The standard InChI is InChI=1S/C17H12ClN3O/c18-17(22)13-7-4-8-14(11-13)19-16-10-9-15(20-21-16)12-5-2-1-3-6-12/h1-11H,(H,19,21). The van der Waals surface area contributed by atoms with Gasteiger partial charge in [-0.2, -0.15) is 0 Å². The van der Waals surface area contributed by atoms with Gasteiger partial charge >= 0.3 is 0 Å². The van der Waals surface area contributed by atoms with Gasteiger partial charge in [0.1, 0.15) is 0 Å². The summed E-state index contributed by atoms with van der Waals surface area (Å²) in [5, 5.41) is 10.9. The molecule has 0 fully saturated rings. The minimum Gasteiger partial charge on any atom is -0.339 e. The first-order valence-electron chi connectivity index (χ1n) is 6.68. The topological polar surface area (TPSA) is 54.9 Å². The summed E-state index contributed by atoms with van der Waals surface area (Å²) in [4.78, 5) is 11.2. The molecule has 0 saturated carbocycles. The van der Waals surface area contributed by atoms with Gasteiger partial charge in [0, 0.05) is 16.8 Å². The van der Waals surface area contributed by atoms with E-state index in [0.717, 1.165) is 16.9 Å². The Kier molecular flexibility index (Phi) is 4.12. The number of carbonyl (C=O) groups is 1. The molecule has 0 bridgehead atoms. The van der Waals surface area contributed by atoms with Crippen LogP contribution in [-0.4, -0.2) is 15.4 Å². The number of hydrogen-bond donors (Lipinski definition) is 1. The minimum atomic E-state index is -0.492. The van der Waals surface area contributed by atoms with Crippen LogP contribution in [0.3, 0.4) is 0 Å². The maximum atomic E-state index is 11.2. The van der Waals surface area contributed by atoms with Crippen molar-refractivity contribution in [1.29, 1.82) is 0 Å². The lowest BCUT2D eigenvalue weighted by atomic mass is 10.1. The highest BCUT2D eigenvalue weighted by molar-refractivity contribution is 6.67. The van der Waals surface area contributed by atoms with Crippen molar-refractivity contribution in [3.8, 4) is 11.3 Å². The van der Waals surface area contributed by atoms with Crippen molar-refractivity contribution in [1.82, 2.24) is 10.2 Å². The molecule has 0 radical (unpaired) electrons. The molecule has 1 heterocycles. The first-order chi connectivity index (χ1) is 10.7. The van der Waals surface area contributed by atoms with Crippen molar-refractivity contribution >= 4 is 28.3 Å². The Labute approximate surface area is 132 Å². The largest absolute Gasteiger partial charge is 0.339 e. The molecule has 1 N–H and O–H groups in total. The Morgan fingerprint density at radius 2 is 1.73 bits per heavy atom. The summed E-state index contributed by atoms with van der Waals surface area (Å²) in [5.74, 6) is 0.596. The third kappa shape index (κ3) is 3.30. The van der Waals surface area contributed by atoms with Crippen LogP contribution in [0.2, 0.25) is 0 Å². The summed E-state index contributed by atoms with van der Waals surface area (Å²) in [7, 11) is 0. The molecule has 0 aliphatic carbocycles. The fourth-order valence-corrected chi connectivity index (χ4v) is 2.15. The molecule has 0 amide bonds. The van der Waals surface area contributed by atoms with Gasteiger partial charge in [0.25, 0.3) is 5.24 Å². The van der Waals surface area contributed by atoms with Gasteiger partial charge in [0.15, 0.2) is 5.82 Å². The monoisotopic (exact) mass is 309 g/mol. The maximum absolute atomic E-state index is 11.2. The average Bonchev–Trinajstić information content (AvgIpc) is 2.56. The van der Waals surface area contributed by atoms with Gasteiger partial charge < -0.3 is 5.32 Å². The quantitative estimate of drug-likeness (QED) is 0.731. The Balaban J connectivity index is 1.79. The van der Waals surface area contributed by atoms with Crippen LogP contribution in [0.25, 0.3) is 11.3 Å². The number of rotatable bonds is 4. The van der Waals surface area contributed by atoms with Crippen LogP contribution in [0.15, 0.2) is 66.7 Å². The zero-order valence-electron chi connectivity index (χ0n) is 11.5. The van der Waals surface area contributed by atoms with Crippen LogP contribution >= 0.6 is 11.6 Å². The van der Waals surface area contributed by atoms with E-state index in [1.807, 2.05) is 48.5 Å². The van der Waals surface area contributed by atoms with E-state index < -0.39 is 5.24 Å². The molecule has 22 heavy (non-hydrogen) atoms. The van der Waals surface area contributed by atoms with Gasteiger partial charge in [-0.25, -0.2) is 0 Å². The van der Waals surface area contributed by atoms with Crippen molar-refractivity contribution in [3.63, 3.8) is 0 Å². The molecule has 0 aliphatic rings. The summed E-state index contributed by atoms with van der Waals surface area (Å²) in [6.07, 6.45) is 0. The summed E-state index contributed by atoms with van der Waals surface area (Å²) in [6.45, 7) is 0. The number of anilines is 2. The van der Waals surface area contributed by atoms with E-state index in [-0.39, 0.29) is 0 Å². The molecule has 0 atom stereocenters. The Bertz CT molecular complexity index is 789. The van der Waals surface area contributed by atoms with E-state index >= 15 is 0 Å². The summed E-state index contributed by atoms with van der Waals surface area (Å²) in [6, 6.07) is 20.5.